The lowest BCUT2D eigenvalue weighted by Gasteiger charge is -2.23. The molecule has 3 nitrogen and oxygen atoms in total. The van der Waals surface area contributed by atoms with E-state index in [9.17, 15) is 0 Å². The highest BCUT2D eigenvalue weighted by Crippen LogP contribution is 2.27. The molecule has 1 N–H and O–H groups in total. The first kappa shape index (κ1) is 13.2. The molecule has 0 radical (unpaired) electrons. The van der Waals surface area contributed by atoms with Gasteiger partial charge in [-0.2, -0.15) is 0 Å². The lowest BCUT2D eigenvalue weighted by molar-refractivity contribution is 0.547. The van der Waals surface area contributed by atoms with Crippen LogP contribution in [0.15, 0.2) is 18.5 Å². The second-order valence-electron chi connectivity index (χ2n) is 5.39. The first-order valence-electron chi connectivity index (χ1n) is 7.19. The largest absolute Gasteiger partial charge is 0.384 e. The standard InChI is InChI=1S/C15H25N3/c1-3-8-17-14-9-15(11-16-10-14)18(2)12-13-6-4-5-7-13/h9-11,13,17H,3-8,12H2,1-2H3. The second kappa shape index (κ2) is 6.62. The van der Waals surface area contributed by atoms with E-state index in [1.165, 1.54) is 37.9 Å². The van der Waals surface area contributed by atoms with E-state index in [1.54, 1.807) is 0 Å². The molecular formula is C15H25N3. The van der Waals surface area contributed by atoms with Crippen molar-refractivity contribution in [2.75, 3.05) is 30.4 Å². The summed E-state index contributed by atoms with van der Waals surface area (Å²) in [5, 5.41) is 3.39. The summed E-state index contributed by atoms with van der Waals surface area (Å²) < 4.78 is 0. The fourth-order valence-electron chi connectivity index (χ4n) is 2.69. The number of hydrogen-bond acceptors (Lipinski definition) is 3. The summed E-state index contributed by atoms with van der Waals surface area (Å²) in [6.45, 7) is 4.35. The normalized spacial score (nSPS) is 15.9. The van der Waals surface area contributed by atoms with Gasteiger partial charge in [0.15, 0.2) is 0 Å². The van der Waals surface area contributed by atoms with E-state index in [-0.39, 0.29) is 0 Å². The van der Waals surface area contributed by atoms with E-state index in [0.29, 0.717) is 0 Å². The number of anilines is 2. The van der Waals surface area contributed by atoms with E-state index in [0.717, 1.165) is 24.6 Å². The molecule has 1 fully saturated rings. The Balaban J connectivity index is 1.93. The zero-order chi connectivity index (χ0) is 12.8. The lowest BCUT2D eigenvalue weighted by Crippen LogP contribution is -2.24. The molecule has 18 heavy (non-hydrogen) atoms. The second-order valence-corrected chi connectivity index (χ2v) is 5.39. The molecule has 0 unspecified atom stereocenters. The van der Waals surface area contributed by atoms with Crippen molar-refractivity contribution in [2.45, 2.75) is 39.0 Å². The van der Waals surface area contributed by atoms with Gasteiger partial charge >= 0.3 is 0 Å². The number of pyridine rings is 1. The average Bonchev–Trinajstić information content (AvgIpc) is 2.89. The van der Waals surface area contributed by atoms with Crippen molar-refractivity contribution in [2.24, 2.45) is 5.92 Å². The minimum Gasteiger partial charge on any atom is -0.384 e. The molecule has 0 bridgehead atoms. The van der Waals surface area contributed by atoms with E-state index in [1.807, 2.05) is 12.4 Å². The Morgan fingerprint density at radius 2 is 2.11 bits per heavy atom. The summed E-state index contributed by atoms with van der Waals surface area (Å²) in [5.74, 6) is 0.877. The fraction of sp³-hybridized carbons (Fsp3) is 0.667. The smallest absolute Gasteiger partial charge is 0.0570 e. The molecule has 1 aromatic heterocycles. The zero-order valence-electron chi connectivity index (χ0n) is 11.7. The van der Waals surface area contributed by atoms with Gasteiger partial charge in [0.25, 0.3) is 0 Å². The fourth-order valence-corrected chi connectivity index (χ4v) is 2.69. The van der Waals surface area contributed by atoms with Gasteiger partial charge in [0.05, 0.1) is 23.8 Å². The topological polar surface area (TPSA) is 28.2 Å². The van der Waals surface area contributed by atoms with Crippen LogP contribution in [0.4, 0.5) is 11.4 Å². The highest BCUT2D eigenvalue weighted by Gasteiger charge is 2.17. The average molecular weight is 247 g/mol. The van der Waals surface area contributed by atoms with Gasteiger partial charge in [0.2, 0.25) is 0 Å². The van der Waals surface area contributed by atoms with Crippen molar-refractivity contribution in [3.05, 3.63) is 18.5 Å². The summed E-state index contributed by atoms with van der Waals surface area (Å²) in [5.41, 5.74) is 2.36. The molecule has 0 amide bonds. The monoisotopic (exact) mass is 247 g/mol. The van der Waals surface area contributed by atoms with Crippen molar-refractivity contribution in [1.29, 1.82) is 0 Å². The molecule has 0 atom stereocenters. The molecule has 0 aliphatic heterocycles. The van der Waals surface area contributed by atoms with Crippen LogP contribution < -0.4 is 10.2 Å². The molecule has 1 aliphatic carbocycles. The number of aromatic nitrogens is 1. The maximum atomic E-state index is 4.33. The predicted molar refractivity (Wildman–Crippen MR) is 78.2 cm³/mol. The molecule has 1 saturated carbocycles. The van der Waals surface area contributed by atoms with Crippen molar-refractivity contribution in [1.82, 2.24) is 4.98 Å². The summed E-state index contributed by atoms with van der Waals surface area (Å²) in [6.07, 6.45) is 10.6. The number of rotatable bonds is 6. The van der Waals surface area contributed by atoms with Crippen LogP contribution in [-0.2, 0) is 0 Å². The zero-order valence-corrected chi connectivity index (χ0v) is 11.7. The maximum Gasteiger partial charge on any atom is 0.0570 e. The lowest BCUT2D eigenvalue weighted by atomic mass is 10.1. The first-order valence-corrected chi connectivity index (χ1v) is 7.19. The van der Waals surface area contributed by atoms with Crippen molar-refractivity contribution in [3.63, 3.8) is 0 Å². The highest BCUT2D eigenvalue weighted by molar-refractivity contribution is 5.55. The molecule has 2 rings (SSSR count). The summed E-state index contributed by atoms with van der Waals surface area (Å²) >= 11 is 0. The molecule has 0 aromatic carbocycles. The molecule has 0 saturated heterocycles. The Labute approximate surface area is 111 Å². The van der Waals surface area contributed by atoms with Gasteiger partial charge in [-0.1, -0.05) is 19.8 Å². The van der Waals surface area contributed by atoms with Crippen LogP contribution in [0.5, 0.6) is 0 Å². The quantitative estimate of drug-likeness (QED) is 0.833. The predicted octanol–water partition coefficient (Wildman–Crippen LogP) is 3.53. The third-order valence-corrected chi connectivity index (χ3v) is 3.75. The van der Waals surface area contributed by atoms with Crippen LogP contribution in [0.1, 0.15) is 39.0 Å². The Morgan fingerprint density at radius 3 is 2.83 bits per heavy atom. The van der Waals surface area contributed by atoms with E-state index < -0.39 is 0 Å². The van der Waals surface area contributed by atoms with E-state index >= 15 is 0 Å². The van der Waals surface area contributed by atoms with Gasteiger partial charge in [0.1, 0.15) is 0 Å². The van der Waals surface area contributed by atoms with Crippen LogP contribution in [-0.4, -0.2) is 25.1 Å². The van der Waals surface area contributed by atoms with Gasteiger partial charge in [0, 0.05) is 20.1 Å². The minimum absolute atomic E-state index is 0.877. The summed E-state index contributed by atoms with van der Waals surface area (Å²) in [4.78, 5) is 6.68. The molecule has 100 valence electrons. The number of nitrogens with one attached hydrogen (secondary N) is 1. The molecule has 1 aliphatic rings. The summed E-state index contributed by atoms with van der Waals surface area (Å²) in [6, 6.07) is 2.21. The number of nitrogens with zero attached hydrogens (tertiary/aromatic N) is 2. The minimum atomic E-state index is 0.877. The van der Waals surface area contributed by atoms with Gasteiger partial charge in [-0.3, -0.25) is 4.98 Å². The Hall–Kier alpha value is -1.25. The van der Waals surface area contributed by atoms with E-state index in [4.69, 9.17) is 0 Å². The van der Waals surface area contributed by atoms with Crippen LogP contribution in [0.2, 0.25) is 0 Å². The Kier molecular flexibility index (Phi) is 4.85. The Bertz CT molecular complexity index is 359. The van der Waals surface area contributed by atoms with Gasteiger partial charge in [-0.15, -0.1) is 0 Å². The Morgan fingerprint density at radius 1 is 1.33 bits per heavy atom. The van der Waals surface area contributed by atoms with Crippen molar-refractivity contribution in [3.8, 4) is 0 Å². The molecule has 0 spiro atoms. The molecular weight excluding hydrogens is 222 g/mol. The molecule has 1 heterocycles. The van der Waals surface area contributed by atoms with Gasteiger partial charge in [-0.25, -0.2) is 0 Å². The highest BCUT2D eigenvalue weighted by atomic mass is 15.1. The van der Waals surface area contributed by atoms with Crippen LogP contribution in [0.25, 0.3) is 0 Å². The first-order chi connectivity index (χ1) is 8.79. The maximum absolute atomic E-state index is 4.33. The van der Waals surface area contributed by atoms with Crippen LogP contribution in [0.3, 0.4) is 0 Å². The van der Waals surface area contributed by atoms with Crippen molar-refractivity contribution >= 4 is 11.4 Å². The van der Waals surface area contributed by atoms with Crippen LogP contribution in [0, 0.1) is 5.92 Å². The summed E-state index contributed by atoms with van der Waals surface area (Å²) in [7, 11) is 2.18. The van der Waals surface area contributed by atoms with Gasteiger partial charge in [-0.05, 0) is 31.2 Å². The van der Waals surface area contributed by atoms with Crippen molar-refractivity contribution < 1.29 is 0 Å². The molecule has 3 heteroatoms. The van der Waals surface area contributed by atoms with E-state index in [2.05, 4.69) is 35.2 Å². The van der Waals surface area contributed by atoms with Crippen LogP contribution >= 0.6 is 0 Å². The third kappa shape index (κ3) is 3.62. The number of hydrogen-bond donors (Lipinski definition) is 1. The SMILES string of the molecule is CCCNc1cncc(N(C)CC2CCCC2)c1. The third-order valence-electron chi connectivity index (χ3n) is 3.75. The van der Waals surface area contributed by atoms with Gasteiger partial charge < -0.3 is 10.2 Å². The molecule has 1 aromatic rings.